The monoisotopic (exact) mass is 341 g/mol. The smallest absolute Gasteiger partial charge is 0.295 e. The molecule has 0 saturated carbocycles. The maximum Gasteiger partial charge on any atom is 0.295 e. The third kappa shape index (κ3) is 3.21. The Kier molecular flexibility index (Phi) is 4.22. The van der Waals surface area contributed by atoms with Gasteiger partial charge in [0.2, 0.25) is 5.82 Å². The van der Waals surface area contributed by atoms with E-state index in [1.54, 1.807) is 29.2 Å². The van der Waals surface area contributed by atoms with E-state index in [2.05, 4.69) is 20.4 Å². The van der Waals surface area contributed by atoms with Gasteiger partial charge in [0.1, 0.15) is 0 Å². The average Bonchev–Trinajstić information content (AvgIpc) is 3.16. The second kappa shape index (κ2) is 6.98. The molecule has 0 atom stereocenters. The fourth-order valence-electron chi connectivity index (χ4n) is 2.56. The number of nitrogens with one attached hydrogen (secondary N) is 1. The van der Waals surface area contributed by atoms with Gasteiger partial charge in [-0.05, 0) is 24.3 Å². The third-order valence-electron chi connectivity index (χ3n) is 3.76. The van der Waals surface area contributed by atoms with Crippen molar-refractivity contribution in [3.05, 3.63) is 91.0 Å². The van der Waals surface area contributed by atoms with E-state index in [9.17, 15) is 4.79 Å². The number of anilines is 1. The molecule has 0 aliphatic heterocycles. The van der Waals surface area contributed by atoms with Crippen molar-refractivity contribution in [2.75, 3.05) is 5.32 Å². The molecule has 0 aliphatic carbocycles. The van der Waals surface area contributed by atoms with Crippen LogP contribution in [0.5, 0.6) is 0 Å². The van der Waals surface area contributed by atoms with E-state index in [0.717, 1.165) is 11.3 Å². The number of benzene rings is 2. The van der Waals surface area contributed by atoms with Gasteiger partial charge in [0.15, 0.2) is 5.82 Å². The van der Waals surface area contributed by atoms with E-state index < -0.39 is 0 Å². The summed E-state index contributed by atoms with van der Waals surface area (Å²) in [6.45, 7) is 0. The van der Waals surface area contributed by atoms with Crippen LogP contribution in [-0.2, 0) is 0 Å². The normalized spacial score (nSPS) is 10.5. The van der Waals surface area contributed by atoms with Crippen molar-refractivity contribution in [1.82, 2.24) is 19.7 Å². The summed E-state index contributed by atoms with van der Waals surface area (Å²) in [4.78, 5) is 21.0. The van der Waals surface area contributed by atoms with Gasteiger partial charge >= 0.3 is 0 Å². The molecule has 4 aromatic rings. The summed E-state index contributed by atoms with van der Waals surface area (Å²) in [7, 11) is 0. The van der Waals surface area contributed by atoms with Crippen LogP contribution in [0.1, 0.15) is 10.6 Å². The van der Waals surface area contributed by atoms with Gasteiger partial charge in [-0.3, -0.25) is 9.78 Å². The first-order valence-corrected chi connectivity index (χ1v) is 8.10. The highest BCUT2D eigenvalue weighted by molar-refractivity contribution is 6.01. The lowest BCUT2D eigenvalue weighted by molar-refractivity contribution is 0.101. The zero-order valence-electron chi connectivity index (χ0n) is 13.8. The Balaban J connectivity index is 1.75. The van der Waals surface area contributed by atoms with Crippen molar-refractivity contribution in [3.63, 3.8) is 0 Å². The molecule has 0 bridgehead atoms. The van der Waals surface area contributed by atoms with Crippen molar-refractivity contribution >= 4 is 11.6 Å². The van der Waals surface area contributed by atoms with Crippen LogP contribution in [-0.4, -0.2) is 25.7 Å². The molecule has 0 unspecified atom stereocenters. The third-order valence-corrected chi connectivity index (χ3v) is 3.76. The van der Waals surface area contributed by atoms with E-state index in [1.807, 2.05) is 60.7 Å². The summed E-state index contributed by atoms with van der Waals surface area (Å²) < 4.78 is 1.67. The molecule has 6 nitrogen and oxygen atoms in total. The lowest BCUT2D eigenvalue weighted by Gasteiger charge is -2.05. The summed E-state index contributed by atoms with van der Waals surface area (Å²) in [5, 5.41) is 7.19. The molecular weight excluding hydrogens is 326 g/mol. The van der Waals surface area contributed by atoms with Crippen LogP contribution < -0.4 is 5.32 Å². The Labute approximate surface area is 150 Å². The fourth-order valence-corrected chi connectivity index (χ4v) is 2.56. The first kappa shape index (κ1) is 15.7. The van der Waals surface area contributed by atoms with Crippen molar-refractivity contribution in [2.45, 2.75) is 0 Å². The Morgan fingerprint density at radius 2 is 1.62 bits per heavy atom. The van der Waals surface area contributed by atoms with Crippen LogP contribution in [0.3, 0.4) is 0 Å². The highest BCUT2D eigenvalue weighted by Crippen LogP contribution is 2.21. The summed E-state index contributed by atoms with van der Waals surface area (Å²) in [5.41, 5.74) is 2.30. The van der Waals surface area contributed by atoms with Crippen LogP contribution >= 0.6 is 0 Å². The van der Waals surface area contributed by atoms with Crippen LogP contribution in [0.2, 0.25) is 0 Å². The minimum Gasteiger partial charge on any atom is -0.318 e. The second-order valence-electron chi connectivity index (χ2n) is 5.57. The topological polar surface area (TPSA) is 72.7 Å². The molecule has 2 aromatic heterocycles. The number of rotatable bonds is 4. The van der Waals surface area contributed by atoms with E-state index in [4.69, 9.17) is 0 Å². The molecule has 2 aromatic carbocycles. The van der Waals surface area contributed by atoms with Crippen molar-refractivity contribution < 1.29 is 4.79 Å². The Bertz CT molecular complexity index is 957. The van der Waals surface area contributed by atoms with Crippen molar-refractivity contribution in [3.8, 4) is 17.1 Å². The lowest BCUT2D eigenvalue weighted by atomic mass is 10.2. The predicted octanol–water partition coefficient (Wildman–Crippen LogP) is 3.58. The molecule has 0 radical (unpaired) electrons. The summed E-state index contributed by atoms with van der Waals surface area (Å²) >= 11 is 0. The maximum absolute atomic E-state index is 12.6. The zero-order valence-corrected chi connectivity index (χ0v) is 13.8. The van der Waals surface area contributed by atoms with Crippen LogP contribution in [0.4, 0.5) is 5.69 Å². The highest BCUT2D eigenvalue weighted by Gasteiger charge is 2.18. The lowest BCUT2D eigenvalue weighted by Crippen LogP contribution is -2.14. The number of aromatic nitrogens is 4. The van der Waals surface area contributed by atoms with Gasteiger partial charge < -0.3 is 5.32 Å². The van der Waals surface area contributed by atoms with Gasteiger partial charge in [0.05, 0.1) is 17.6 Å². The Morgan fingerprint density at radius 3 is 2.31 bits per heavy atom. The molecule has 126 valence electrons. The number of para-hydroxylation sites is 1. The molecule has 0 spiro atoms. The van der Waals surface area contributed by atoms with Gasteiger partial charge in [-0.15, -0.1) is 5.10 Å². The molecule has 26 heavy (non-hydrogen) atoms. The zero-order chi connectivity index (χ0) is 17.8. The Hall–Kier alpha value is -3.80. The van der Waals surface area contributed by atoms with Gasteiger partial charge in [0, 0.05) is 11.8 Å². The van der Waals surface area contributed by atoms with Gasteiger partial charge in [-0.25, -0.2) is 9.67 Å². The number of nitrogens with zero attached hydrogens (tertiary/aromatic N) is 4. The first-order valence-electron chi connectivity index (χ1n) is 8.10. The number of amides is 1. The van der Waals surface area contributed by atoms with Crippen molar-refractivity contribution in [2.24, 2.45) is 0 Å². The number of carbonyl (C=O) groups is 1. The van der Waals surface area contributed by atoms with Gasteiger partial charge in [-0.1, -0.05) is 48.5 Å². The SMILES string of the molecule is O=C(Nc1cccnc1)c1nc(-c2ccccc2)n(-c2ccccc2)n1. The van der Waals surface area contributed by atoms with Crippen LogP contribution in [0, 0.1) is 0 Å². The average molecular weight is 341 g/mol. The molecule has 1 amide bonds. The molecule has 1 N–H and O–H groups in total. The number of hydrogen-bond donors (Lipinski definition) is 1. The number of pyridine rings is 1. The summed E-state index contributed by atoms with van der Waals surface area (Å²) in [6, 6.07) is 22.8. The largest absolute Gasteiger partial charge is 0.318 e. The van der Waals surface area contributed by atoms with Crippen LogP contribution in [0.15, 0.2) is 85.2 Å². The minimum absolute atomic E-state index is 0.0940. The van der Waals surface area contributed by atoms with E-state index in [-0.39, 0.29) is 11.7 Å². The minimum atomic E-state index is -0.384. The second-order valence-corrected chi connectivity index (χ2v) is 5.57. The number of hydrogen-bond acceptors (Lipinski definition) is 4. The highest BCUT2D eigenvalue weighted by atomic mass is 16.2. The first-order chi connectivity index (χ1) is 12.8. The van der Waals surface area contributed by atoms with E-state index in [0.29, 0.717) is 11.5 Å². The molecule has 0 fully saturated rings. The number of carbonyl (C=O) groups excluding carboxylic acids is 1. The quantitative estimate of drug-likeness (QED) is 0.616. The van der Waals surface area contributed by atoms with Crippen LogP contribution in [0.25, 0.3) is 17.1 Å². The molecule has 6 heteroatoms. The standard InChI is InChI=1S/C20H15N5O/c26-20(22-16-10-7-13-21-14-16)18-23-19(15-8-3-1-4-9-15)25(24-18)17-11-5-2-6-12-17/h1-14H,(H,22,26). The summed E-state index contributed by atoms with van der Waals surface area (Å²) in [6.07, 6.45) is 3.22. The summed E-state index contributed by atoms with van der Waals surface area (Å²) in [5.74, 6) is 0.314. The van der Waals surface area contributed by atoms with Gasteiger partial charge in [-0.2, -0.15) is 0 Å². The maximum atomic E-state index is 12.6. The predicted molar refractivity (Wildman–Crippen MR) is 99.0 cm³/mol. The molecule has 0 aliphatic rings. The van der Waals surface area contributed by atoms with Gasteiger partial charge in [0.25, 0.3) is 5.91 Å². The fraction of sp³-hybridized carbons (Fsp3) is 0. The Morgan fingerprint density at radius 1 is 0.885 bits per heavy atom. The van der Waals surface area contributed by atoms with Crippen molar-refractivity contribution in [1.29, 1.82) is 0 Å². The van der Waals surface area contributed by atoms with E-state index in [1.165, 1.54) is 0 Å². The van der Waals surface area contributed by atoms with E-state index >= 15 is 0 Å². The molecule has 0 saturated heterocycles. The molecular formula is C20H15N5O. The molecule has 4 rings (SSSR count). The molecule has 2 heterocycles.